The lowest BCUT2D eigenvalue weighted by Crippen LogP contribution is -2.00. The Morgan fingerprint density at radius 3 is 2.88 bits per heavy atom. The highest BCUT2D eigenvalue weighted by Crippen LogP contribution is 1.83. The molecule has 8 heavy (non-hydrogen) atoms. The first kappa shape index (κ1) is 5.24. The topological polar surface area (TPSA) is 50.9 Å². The molecule has 1 heterocycles. The molecule has 0 amide bonds. The molecule has 0 spiro atoms. The van der Waals surface area contributed by atoms with E-state index in [2.05, 4.69) is 10.2 Å². The van der Waals surface area contributed by atoms with Gasteiger partial charge in [0.25, 0.3) is 0 Å². The molecular formula is C4H7N3O. The fourth-order valence-electron chi connectivity index (χ4n) is 0.452. The maximum absolute atomic E-state index is 8.39. The summed E-state index contributed by atoms with van der Waals surface area (Å²) < 4.78 is 0. The van der Waals surface area contributed by atoms with Gasteiger partial charge in [-0.2, -0.15) is 15.0 Å². The minimum absolute atomic E-state index is 0.145. The van der Waals surface area contributed by atoms with Crippen molar-refractivity contribution < 1.29 is 5.11 Å². The highest BCUT2D eigenvalue weighted by Gasteiger charge is 1.88. The molecule has 0 radical (unpaired) electrons. The van der Waals surface area contributed by atoms with Gasteiger partial charge in [0.2, 0.25) is 0 Å². The Kier molecular flexibility index (Phi) is 1.26. The number of hydrogen-bond acceptors (Lipinski definition) is 3. The summed E-state index contributed by atoms with van der Waals surface area (Å²) in [6.07, 6.45) is 1.59. The number of aromatic nitrogens is 3. The summed E-state index contributed by atoms with van der Waals surface area (Å²) in [6, 6.07) is 0. The third kappa shape index (κ3) is 0.840. The van der Waals surface area contributed by atoms with Crippen LogP contribution in [-0.2, 0) is 6.73 Å². The number of aliphatic hydroxyl groups excluding tert-OH is 1. The van der Waals surface area contributed by atoms with Crippen LogP contribution in [-0.4, -0.2) is 20.1 Å². The second-order valence-electron chi connectivity index (χ2n) is 1.50. The molecule has 0 aromatic carbocycles. The van der Waals surface area contributed by atoms with Crippen LogP contribution in [0.4, 0.5) is 0 Å². The van der Waals surface area contributed by atoms with Crippen molar-refractivity contribution in [2.75, 3.05) is 0 Å². The van der Waals surface area contributed by atoms with Gasteiger partial charge in [0.05, 0.1) is 11.9 Å². The SMILES string of the molecule is Cc1cnn(CO)n1. The van der Waals surface area contributed by atoms with Crippen LogP contribution in [0.25, 0.3) is 0 Å². The summed E-state index contributed by atoms with van der Waals surface area (Å²) >= 11 is 0. The van der Waals surface area contributed by atoms with Crippen LogP contribution in [0.3, 0.4) is 0 Å². The third-order valence-corrected chi connectivity index (χ3v) is 0.778. The molecule has 1 rings (SSSR count). The Labute approximate surface area is 46.8 Å². The van der Waals surface area contributed by atoms with Crippen molar-refractivity contribution in [3.05, 3.63) is 11.9 Å². The summed E-state index contributed by atoms with van der Waals surface area (Å²) in [5.74, 6) is 0. The molecule has 4 nitrogen and oxygen atoms in total. The maximum atomic E-state index is 8.39. The van der Waals surface area contributed by atoms with Gasteiger partial charge in [-0.25, -0.2) is 0 Å². The average molecular weight is 113 g/mol. The number of aryl methyl sites for hydroxylation is 1. The molecular weight excluding hydrogens is 106 g/mol. The number of aliphatic hydroxyl groups is 1. The van der Waals surface area contributed by atoms with Crippen LogP contribution in [0.1, 0.15) is 5.69 Å². The molecule has 1 aromatic heterocycles. The van der Waals surface area contributed by atoms with Gasteiger partial charge in [-0.05, 0) is 6.92 Å². The summed E-state index contributed by atoms with van der Waals surface area (Å²) in [7, 11) is 0. The van der Waals surface area contributed by atoms with E-state index in [4.69, 9.17) is 5.11 Å². The van der Waals surface area contributed by atoms with E-state index in [1.807, 2.05) is 6.92 Å². The first-order valence-corrected chi connectivity index (χ1v) is 2.30. The zero-order valence-corrected chi connectivity index (χ0v) is 4.57. The van der Waals surface area contributed by atoms with E-state index in [9.17, 15) is 0 Å². The van der Waals surface area contributed by atoms with E-state index in [0.717, 1.165) is 5.69 Å². The summed E-state index contributed by atoms with van der Waals surface area (Å²) in [6.45, 7) is 1.67. The molecule has 1 aromatic rings. The molecule has 0 aliphatic rings. The van der Waals surface area contributed by atoms with Crippen molar-refractivity contribution in [1.82, 2.24) is 15.0 Å². The zero-order chi connectivity index (χ0) is 5.98. The second kappa shape index (κ2) is 1.92. The van der Waals surface area contributed by atoms with E-state index < -0.39 is 0 Å². The van der Waals surface area contributed by atoms with Gasteiger partial charge < -0.3 is 5.11 Å². The van der Waals surface area contributed by atoms with Crippen LogP contribution in [0.15, 0.2) is 6.20 Å². The van der Waals surface area contributed by atoms with Gasteiger partial charge in [-0.1, -0.05) is 0 Å². The molecule has 0 unspecified atom stereocenters. The minimum atomic E-state index is -0.145. The summed E-state index contributed by atoms with van der Waals surface area (Å²) in [5.41, 5.74) is 0.819. The van der Waals surface area contributed by atoms with E-state index >= 15 is 0 Å². The quantitative estimate of drug-likeness (QED) is 0.536. The molecule has 0 saturated carbocycles. The van der Waals surface area contributed by atoms with Gasteiger partial charge in [0.1, 0.15) is 0 Å². The largest absolute Gasteiger partial charge is 0.373 e. The highest BCUT2D eigenvalue weighted by atomic mass is 16.3. The number of rotatable bonds is 1. The van der Waals surface area contributed by atoms with Gasteiger partial charge in [-0.3, -0.25) is 0 Å². The maximum Gasteiger partial charge on any atom is 0.155 e. The molecule has 4 heteroatoms. The van der Waals surface area contributed by atoms with E-state index in [0.29, 0.717) is 0 Å². The normalized spacial score (nSPS) is 9.75. The second-order valence-corrected chi connectivity index (χ2v) is 1.50. The Balaban J connectivity index is 2.84. The van der Waals surface area contributed by atoms with Crippen molar-refractivity contribution in [2.45, 2.75) is 13.7 Å². The standard InChI is InChI=1S/C4H7N3O/c1-4-2-5-7(3-8)6-4/h2,8H,3H2,1H3. The van der Waals surface area contributed by atoms with E-state index in [-0.39, 0.29) is 6.73 Å². The fourth-order valence-corrected chi connectivity index (χ4v) is 0.452. The Morgan fingerprint density at radius 2 is 2.62 bits per heavy atom. The highest BCUT2D eigenvalue weighted by molar-refractivity contribution is 4.84. The molecule has 0 atom stereocenters. The van der Waals surface area contributed by atoms with Crippen molar-refractivity contribution in [3.8, 4) is 0 Å². The van der Waals surface area contributed by atoms with Crippen LogP contribution in [0.5, 0.6) is 0 Å². The van der Waals surface area contributed by atoms with Crippen LogP contribution in [0, 0.1) is 6.92 Å². The molecule has 0 saturated heterocycles. The smallest absolute Gasteiger partial charge is 0.155 e. The lowest BCUT2D eigenvalue weighted by molar-refractivity contribution is 0.177. The molecule has 0 aliphatic carbocycles. The lowest BCUT2D eigenvalue weighted by Gasteiger charge is -1.85. The van der Waals surface area contributed by atoms with E-state index in [1.54, 1.807) is 6.20 Å². The van der Waals surface area contributed by atoms with Crippen molar-refractivity contribution in [2.24, 2.45) is 0 Å². The Bertz CT molecular complexity index is 172. The monoisotopic (exact) mass is 113 g/mol. The van der Waals surface area contributed by atoms with Gasteiger partial charge in [-0.15, -0.1) is 0 Å². The number of hydrogen-bond donors (Lipinski definition) is 1. The minimum Gasteiger partial charge on any atom is -0.373 e. The molecule has 0 aliphatic heterocycles. The molecule has 1 N–H and O–H groups in total. The predicted octanol–water partition coefficient (Wildman–Crippen LogP) is -0.464. The van der Waals surface area contributed by atoms with Crippen molar-refractivity contribution >= 4 is 0 Å². The Morgan fingerprint density at radius 1 is 1.88 bits per heavy atom. The fraction of sp³-hybridized carbons (Fsp3) is 0.500. The summed E-state index contributed by atoms with van der Waals surface area (Å²) in [5, 5.41) is 15.9. The van der Waals surface area contributed by atoms with Crippen LogP contribution < -0.4 is 0 Å². The number of nitrogens with zero attached hydrogens (tertiary/aromatic N) is 3. The lowest BCUT2D eigenvalue weighted by atomic mass is 10.6. The summed E-state index contributed by atoms with van der Waals surface area (Å²) in [4.78, 5) is 1.22. The van der Waals surface area contributed by atoms with E-state index in [1.165, 1.54) is 4.80 Å². The Hall–Kier alpha value is -0.900. The predicted molar refractivity (Wildman–Crippen MR) is 27.0 cm³/mol. The van der Waals surface area contributed by atoms with Gasteiger partial charge in [0, 0.05) is 0 Å². The van der Waals surface area contributed by atoms with Gasteiger partial charge >= 0.3 is 0 Å². The first-order chi connectivity index (χ1) is 3.83. The first-order valence-electron chi connectivity index (χ1n) is 2.30. The van der Waals surface area contributed by atoms with Gasteiger partial charge in [0.15, 0.2) is 6.73 Å². The molecule has 0 fully saturated rings. The molecule has 0 bridgehead atoms. The molecule has 44 valence electrons. The van der Waals surface area contributed by atoms with Crippen molar-refractivity contribution in [1.29, 1.82) is 0 Å². The van der Waals surface area contributed by atoms with Crippen LogP contribution in [0.2, 0.25) is 0 Å². The average Bonchev–Trinajstić information content (AvgIpc) is 2.14. The zero-order valence-electron chi connectivity index (χ0n) is 4.57. The van der Waals surface area contributed by atoms with Crippen molar-refractivity contribution in [3.63, 3.8) is 0 Å². The third-order valence-electron chi connectivity index (χ3n) is 0.778. The van der Waals surface area contributed by atoms with Crippen LogP contribution >= 0.6 is 0 Å².